The first kappa shape index (κ1) is 17.7. The van der Waals surface area contributed by atoms with E-state index in [1.54, 1.807) is 0 Å². The van der Waals surface area contributed by atoms with Gasteiger partial charge in [0.05, 0.1) is 12.1 Å². The van der Waals surface area contributed by atoms with Crippen molar-refractivity contribution in [2.75, 3.05) is 5.43 Å². The Morgan fingerprint density at radius 1 is 1.33 bits per heavy atom. The highest BCUT2D eigenvalue weighted by Crippen LogP contribution is 2.40. The molecule has 0 saturated heterocycles. The van der Waals surface area contributed by atoms with Gasteiger partial charge in [-0.3, -0.25) is 15.6 Å². The first-order valence-corrected chi connectivity index (χ1v) is 6.71. The Hall–Kier alpha value is -2.62. The fraction of sp³-hybridized carbons (Fsp3) is 0.286. The van der Waals surface area contributed by atoms with Crippen LogP contribution in [0.4, 0.5) is 23.2 Å². The normalized spacial score (nSPS) is 14.1. The van der Waals surface area contributed by atoms with E-state index in [2.05, 4.69) is 10.4 Å². The van der Waals surface area contributed by atoms with Crippen molar-refractivity contribution in [3.63, 3.8) is 0 Å². The van der Waals surface area contributed by atoms with E-state index in [9.17, 15) is 27.5 Å². The average Bonchev–Trinajstić information content (AvgIpc) is 2.92. The molecule has 1 amide bonds. The van der Waals surface area contributed by atoms with Gasteiger partial charge in [-0.05, 0) is 12.1 Å². The molecule has 0 fully saturated rings. The van der Waals surface area contributed by atoms with E-state index in [-0.39, 0.29) is 5.69 Å². The minimum atomic E-state index is -5.14. The number of hydrazine groups is 1. The molecule has 6 nitrogen and oxygen atoms in total. The summed E-state index contributed by atoms with van der Waals surface area (Å²) in [5.74, 6) is -2.62. The Kier molecular flexibility index (Phi) is 4.78. The van der Waals surface area contributed by atoms with Gasteiger partial charge in [-0.2, -0.15) is 13.2 Å². The number of rotatable bonds is 5. The molecule has 1 aromatic carbocycles. The van der Waals surface area contributed by atoms with Crippen molar-refractivity contribution in [3.8, 4) is 0 Å². The third kappa shape index (κ3) is 3.48. The van der Waals surface area contributed by atoms with Crippen LogP contribution < -0.4 is 10.9 Å². The highest BCUT2D eigenvalue weighted by atomic mass is 19.4. The Morgan fingerprint density at radius 2 is 2.00 bits per heavy atom. The second-order valence-corrected chi connectivity index (χ2v) is 5.05. The number of halogens is 4. The van der Waals surface area contributed by atoms with Crippen LogP contribution in [0.3, 0.4) is 0 Å². The molecule has 1 aromatic heterocycles. The quantitative estimate of drug-likeness (QED) is 0.570. The lowest BCUT2D eigenvalue weighted by atomic mass is 9.97. The number of hydrogen-bond donors (Lipinski definition) is 3. The highest BCUT2D eigenvalue weighted by Gasteiger charge is 2.58. The minimum Gasteiger partial charge on any atom is -0.374 e. The van der Waals surface area contributed by atoms with Gasteiger partial charge in [-0.1, -0.05) is 12.1 Å². The van der Waals surface area contributed by atoms with E-state index >= 15 is 0 Å². The number of anilines is 1. The van der Waals surface area contributed by atoms with Gasteiger partial charge in [0.15, 0.2) is 5.82 Å². The number of hydrogen-bond acceptors (Lipinski definition) is 4. The molecule has 0 saturated carbocycles. The molecule has 0 aliphatic carbocycles. The molecule has 1 heterocycles. The van der Waals surface area contributed by atoms with Gasteiger partial charge in [0, 0.05) is 19.4 Å². The molecular formula is C14H14F4N4O2. The number of amides is 1. The Bertz CT molecular complexity index is 732. The zero-order chi connectivity index (χ0) is 18.0. The summed E-state index contributed by atoms with van der Waals surface area (Å²) in [5, 5.41) is 10.0. The first-order chi connectivity index (χ1) is 11.1. The van der Waals surface area contributed by atoms with Gasteiger partial charge in [0.2, 0.25) is 11.5 Å². The molecule has 1 unspecified atom stereocenters. The summed E-state index contributed by atoms with van der Waals surface area (Å²) < 4.78 is 54.2. The molecule has 3 N–H and O–H groups in total. The molecule has 0 spiro atoms. The predicted molar refractivity (Wildman–Crippen MR) is 75.9 cm³/mol. The van der Waals surface area contributed by atoms with E-state index < -0.39 is 35.7 Å². The zero-order valence-corrected chi connectivity index (χ0v) is 12.4. The van der Waals surface area contributed by atoms with Gasteiger partial charge in [-0.25, -0.2) is 9.37 Å². The number of benzene rings is 1. The molecule has 2 aromatic rings. The molecule has 1 atom stereocenters. The maximum atomic E-state index is 13.4. The molecule has 0 aliphatic rings. The summed E-state index contributed by atoms with van der Waals surface area (Å²) >= 11 is 0. The highest BCUT2D eigenvalue weighted by molar-refractivity contribution is 5.78. The molecule has 0 bridgehead atoms. The number of carbonyl (C=O) groups excluding carboxylic acids is 1. The van der Waals surface area contributed by atoms with E-state index in [0.29, 0.717) is 0 Å². The lowest BCUT2D eigenvalue weighted by Crippen LogP contribution is -2.48. The van der Waals surface area contributed by atoms with Crippen LogP contribution in [0.1, 0.15) is 12.2 Å². The molecule has 0 radical (unpaired) electrons. The first-order valence-electron chi connectivity index (χ1n) is 6.71. The Labute approximate surface area is 134 Å². The van der Waals surface area contributed by atoms with Crippen LogP contribution in [0.5, 0.6) is 0 Å². The topological polar surface area (TPSA) is 79.2 Å². The molecule has 10 heteroatoms. The number of imidazole rings is 1. The monoisotopic (exact) mass is 346 g/mol. The fourth-order valence-electron chi connectivity index (χ4n) is 2.05. The standard InChI is InChI=1S/C14H14F4N4O2/c1-22-7-6-19-12(22)13(24,14(16,17)18)8-11(23)21-20-10-5-3-2-4-9(10)15/h2-7,20,24H,8H2,1H3,(H,21,23). The van der Waals surface area contributed by atoms with Crippen molar-refractivity contribution >= 4 is 11.6 Å². The molecular weight excluding hydrogens is 332 g/mol. The summed E-state index contributed by atoms with van der Waals surface area (Å²) in [6, 6.07) is 5.27. The van der Waals surface area contributed by atoms with Crippen LogP contribution >= 0.6 is 0 Å². The molecule has 130 valence electrons. The van der Waals surface area contributed by atoms with Crippen LogP contribution in [-0.4, -0.2) is 26.7 Å². The summed E-state index contributed by atoms with van der Waals surface area (Å²) in [4.78, 5) is 15.3. The van der Waals surface area contributed by atoms with Crippen LogP contribution in [0.25, 0.3) is 0 Å². The van der Waals surface area contributed by atoms with Crippen molar-refractivity contribution < 1.29 is 27.5 Å². The maximum absolute atomic E-state index is 13.4. The lowest BCUT2D eigenvalue weighted by molar-refractivity contribution is -0.271. The summed E-state index contributed by atoms with van der Waals surface area (Å²) in [6.07, 6.45) is -4.20. The summed E-state index contributed by atoms with van der Waals surface area (Å²) in [5.41, 5.74) is 0.483. The van der Waals surface area contributed by atoms with Crippen molar-refractivity contribution in [3.05, 3.63) is 48.3 Å². The third-order valence-electron chi connectivity index (χ3n) is 3.29. The number of nitrogens with one attached hydrogen (secondary N) is 2. The second-order valence-electron chi connectivity index (χ2n) is 5.05. The van der Waals surface area contributed by atoms with Crippen LogP contribution in [0.2, 0.25) is 0 Å². The number of aryl methyl sites for hydroxylation is 1. The molecule has 2 rings (SSSR count). The smallest absolute Gasteiger partial charge is 0.374 e. The largest absolute Gasteiger partial charge is 0.425 e. The third-order valence-corrected chi connectivity index (χ3v) is 3.29. The van der Waals surface area contributed by atoms with E-state index in [0.717, 1.165) is 16.8 Å². The number of aromatic nitrogens is 2. The van der Waals surface area contributed by atoms with Crippen molar-refractivity contribution in [2.24, 2.45) is 7.05 Å². The maximum Gasteiger partial charge on any atom is 0.425 e. The van der Waals surface area contributed by atoms with E-state index in [4.69, 9.17) is 0 Å². The van der Waals surface area contributed by atoms with Crippen molar-refractivity contribution in [1.29, 1.82) is 0 Å². The van der Waals surface area contributed by atoms with Crippen LogP contribution in [0.15, 0.2) is 36.7 Å². The molecule has 0 aliphatic heterocycles. The van der Waals surface area contributed by atoms with Crippen LogP contribution in [0, 0.1) is 5.82 Å². The van der Waals surface area contributed by atoms with Crippen molar-refractivity contribution in [2.45, 2.75) is 18.2 Å². The average molecular weight is 346 g/mol. The Morgan fingerprint density at radius 3 is 2.54 bits per heavy atom. The minimum absolute atomic E-state index is 0.126. The van der Waals surface area contributed by atoms with Gasteiger partial charge in [0.25, 0.3) is 0 Å². The Balaban J connectivity index is 2.14. The second kappa shape index (κ2) is 6.48. The number of alkyl halides is 3. The summed E-state index contributed by atoms with van der Waals surface area (Å²) in [7, 11) is 1.26. The lowest BCUT2D eigenvalue weighted by Gasteiger charge is -2.29. The number of aliphatic hydroxyl groups is 1. The molecule has 24 heavy (non-hydrogen) atoms. The SMILES string of the molecule is Cn1ccnc1C(O)(CC(=O)NNc1ccccc1F)C(F)(F)F. The van der Waals surface area contributed by atoms with E-state index in [1.165, 1.54) is 31.4 Å². The van der Waals surface area contributed by atoms with Crippen LogP contribution in [-0.2, 0) is 17.4 Å². The van der Waals surface area contributed by atoms with Gasteiger partial charge in [-0.15, -0.1) is 0 Å². The van der Waals surface area contributed by atoms with Crippen molar-refractivity contribution in [1.82, 2.24) is 15.0 Å². The summed E-state index contributed by atoms with van der Waals surface area (Å²) in [6.45, 7) is 0. The fourth-order valence-corrected chi connectivity index (χ4v) is 2.05. The number of nitrogens with zero attached hydrogens (tertiary/aromatic N) is 2. The van der Waals surface area contributed by atoms with Gasteiger partial charge >= 0.3 is 6.18 Å². The predicted octanol–water partition coefficient (Wildman–Crippen LogP) is 1.84. The number of carbonyl (C=O) groups is 1. The van der Waals surface area contributed by atoms with Gasteiger partial charge < -0.3 is 9.67 Å². The number of para-hydroxylation sites is 1. The van der Waals surface area contributed by atoms with E-state index in [1.807, 2.05) is 5.43 Å². The zero-order valence-electron chi connectivity index (χ0n) is 12.4. The van der Waals surface area contributed by atoms with Gasteiger partial charge in [0.1, 0.15) is 5.82 Å².